The van der Waals surface area contributed by atoms with Gasteiger partial charge in [-0.25, -0.2) is 4.98 Å². The van der Waals surface area contributed by atoms with E-state index in [1.54, 1.807) is 11.3 Å². The average Bonchev–Trinajstić information content (AvgIpc) is 3.32. The van der Waals surface area contributed by atoms with E-state index in [0.717, 1.165) is 42.9 Å². The van der Waals surface area contributed by atoms with Gasteiger partial charge in [-0.2, -0.15) is 0 Å². The molecule has 5 aromatic rings. The third-order valence-electron chi connectivity index (χ3n) is 4.66. The van der Waals surface area contributed by atoms with Crippen molar-refractivity contribution >= 4 is 38.2 Å². The lowest BCUT2D eigenvalue weighted by molar-refractivity contribution is 0.0997. The van der Waals surface area contributed by atoms with Crippen molar-refractivity contribution in [1.82, 2.24) is 9.97 Å². The van der Waals surface area contributed by atoms with Crippen molar-refractivity contribution in [3.8, 4) is 11.4 Å². The van der Waals surface area contributed by atoms with Crippen LogP contribution in [-0.2, 0) is 6.42 Å². The van der Waals surface area contributed by atoms with Crippen LogP contribution >= 0.6 is 11.3 Å². The van der Waals surface area contributed by atoms with Crippen LogP contribution in [0.1, 0.15) is 15.2 Å². The molecule has 0 aliphatic carbocycles. The topological polar surface area (TPSA) is 45.8 Å². The summed E-state index contributed by atoms with van der Waals surface area (Å²) in [7, 11) is 0. The SMILES string of the molecule is O=C(Cc1ccc2nc(-c3ccccc3)[nH]c2c1)c1cc2ccccc2s1. The second-order valence-corrected chi connectivity index (χ2v) is 7.64. The van der Waals surface area contributed by atoms with E-state index in [1.807, 2.05) is 72.8 Å². The van der Waals surface area contributed by atoms with E-state index in [2.05, 4.69) is 16.0 Å². The normalized spacial score (nSPS) is 11.3. The molecule has 0 saturated heterocycles. The first-order valence-electron chi connectivity index (χ1n) is 8.82. The molecule has 5 rings (SSSR count). The van der Waals surface area contributed by atoms with Gasteiger partial charge in [0.1, 0.15) is 5.82 Å². The highest BCUT2D eigenvalue weighted by molar-refractivity contribution is 7.20. The first-order chi connectivity index (χ1) is 13.3. The van der Waals surface area contributed by atoms with Crippen LogP contribution in [0.2, 0.25) is 0 Å². The number of thiophene rings is 1. The number of fused-ring (bicyclic) bond motifs is 2. The van der Waals surface area contributed by atoms with Gasteiger partial charge in [0, 0.05) is 16.7 Å². The zero-order chi connectivity index (χ0) is 18.2. The van der Waals surface area contributed by atoms with Crippen LogP contribution in [0.3, 0.4) is 0 Å². The Morgan fingerprint density at radius 2 is 1.74 bits per heavy atom. The Morgan fingerprint density at radius 3 is 2.59 bits per heavy atom. The Bertz CT molecular complexity index is 1230. The fourth-order valence-electron chi connectivity index (χ4n) is 3.29. The summed E-state index contributed by atoms with van der Waals surface area (Å²) in [5, 5.41) is 1.13. The number of carbonyl (C=O) groups excluding carboxylic acids is 1. The summed E-state index contributed by atoms with van der Waals surface area (Å²) >= 11 is 1.56. The fourth-order valence-corrected chi connectivity index (χ4v) is 4.29. The molecule has 0 saturated carbocycles. The summed E-state index contributed by atoms with van der Waals surface area (Å²) < 4.78 is 1.15. The van der Waals surface area contributed by atoms with Crippen LogP contribution < -0.4 is 0 Å². The summed E-state index contributed by atoms with van der Waals surface area (Å²) in [5.41, 5.74) is 3.91. The number of hydrogen-bond acceptors (Lipinski definition) is 3. The van der Waals surface area contributed by atoms with Crippen molar-refractivity contribution < 1.29 is 4.79 Å². The zero-order valence-corrected chi connectivity index (χ0v) is 15.3. The fraction of sp³-hybridized carbons (Fsp3) is 0.0435. The van der Waals surface area contributed by atoms with Crippen LogP contribution in [0.15, 0.2) is 78.9 Å². The summed E-state index contributed by atoms with van der Waals surface area (Å²) in [6, 6.07) is 26.1. The van der Waals surface area contributed by atoms with Crippen LogP contribution in [0.5, 0.6) is 0 Å². The molecule has 1 N–H and O–H groups in total. The number of hydrogen-bond donors (Lipinski definition) is 1. The Balaban J connectivity index is 1.43. The molecule has 0 bridgehead atoms. The van der Waals surface area contributed by atoms with Gasteiger partial charge in [-0.1, -0.05) is 54.6 Å². The number of nitrogens with one attached hydrogen (secondary N) is 1. The number of aromatic amines is 1. The molecule has 4 heteroatoms. The average molecular weight is 368 g/mol. The first kappa shape index (κ1) is 16.0. The number of ketones is 1. The Kier molecular flexibility index (Phi) is 3.84. The van der Waals surface area contributed by atoms with E-state index in [1.165, 1.54) is 0 Å². The molecule has 2 heterocycles. The number of H-pyrrole nitrogens is 1. The molecule has 0 fully saturated rings. The van der Waals surface area contributed by atoms with E-state index in [-0.39, 0.29) is 5.78 Å². The van der Waals surface area contributed by atoms with Crippen molar-refractivity contribution in [3.05, 3.63) is 89.3 Å². The van der Waals surface area contributed by atoms with Gasteiger partial charge in [0.2, 0.25) is 0 Å². The number of imidazole rings is 1. The van der Waals surface area contributed by atoms with Gasteiger partial charge in [-0.15, -0.1) is 11.3 Å². The predicted octanol–water partition coefficient (Wildman–Crippen LogP) is 5.87. The Hall–Kier alpha value is -3.24. The van der Waals surface area contributed by atoms with E-state index in [9.17, 15) is 4.79 Å². The van der Waals surface area contributed by atoms with Crippen LogP contribution in [-0.4, -0.2) is 15.8 Å². The van der Waals surface area contributed by atoms with Crippen molar-refractivity contribution in [2.45, 2.75) is 6.42 Å². The predicted molar refractivity (Wildman–Crippen MR) is 111 cm³/mol. The monoisotopic (exact) mass is 368 g/mol. The van der Waals surface area contributed by atoms with E-state index < -0.39 is 0 Å². The van der Waals surface area contributed by atoms with Crippen molar-refractivity contribution in [2.24, 2.45) is 0 Å². The van der Waals surface area contributed by atoms with Gasteiger partial charge in [0.25, 0.3) is 0 Å². The minimum Gasteiger partial charge on any atom is -0.338 e. The lowest BCUT2D eigenvalue weighted by atomic mass is 10.1. The molecular weight excluding hydrogens is 352 g/mol. The molecule has 0 amide bonds. The quantitative estimate of drug-likeness (QED) is 0.403. The van der Waals surface area contributed by atoms with Gasteiger partial charge < -0.3 is 4.98 Å². The molecule has 0 atom stereocenters. The van der Waals surface area contributed by atoms with Gasteiger partial charge in [-0.05, 0) is 35.2 Å². The highest BCUT2D eigenvalue weighted by Crippen LogP contribution is 2.27. The van der Waals surface area contributed by atoms with E-state index in [4.69, 9.17) is 0 Å². The summed E-state index contributed by atoms with van der Waals surface area (Å²) in [6.45, 7) is 0. The van der Waals surface area contributed by atoms with Crippen LogP contribution in [0.4, 0.5) is 0 Å². The lowest BCUT2D eigenvalue weighted by Crippen LogP contribution is -2.00. The largest absolute Gasteiger partial charge is 0.338 e. The summed E-state index contributed by atoms with van der Waals surface area (Å²) in [4.78, 5) is 21.6. The molecule has 3 aromatic carbocycles. The number of aromatic nitrogens is 2. The molecule has 2 aromatic heterocycles. The Morgan fingerprint density at radius 1 is 0.926 bits per heavy atom. The van der Waals surface area contributed by atoms with Gasteiger partial charge >= 0.3 is 0 Å². The third kappa shape index (κ3) is 3.04. The van der Waals surface area contributed by atoms with Crippen LogP contribution in [0, 0.1) is 0 Å². The van der Waals surface area contributed by atoms with Crippen molar-refractivity contribution in [3.63, 3.8) is 0 Å². The molecule has 0 spiro atoms. The molecule has 3 nitrogen and oxygen atoms in total. The second-order valence-electron chi connectivity index (χ2n) is 6.55. The number of Topliss-reactive ketones (excluding diaryl/α,β-unsaturated/α-hetero) is 1. The zero-order valence-electron chi connectivity index (χ0n) is 14.5. The second kappa shape index (κ2) is 6.49. The van der Waals surface area contributed by atoms with Crippen LogP contribution in [0.25, 0.3) is 32.5 Å². The van der Waals surface area contributed by atoms with E-state index >= 15 is 0 Å². The maximum atomic E-state index is 12.7. The molecule has 0 radical (unpaired) electrons. The maximum absolute atomic E-state index is 12.7. The smallest absolute Gasteiger partial charge is 0.177 e. The minimum atomic E-state index is 0.151. The number of benzene rings is 3. The molecule has 0 aliphatic heterocycles. The van der Waals surface area contributed by atoms with E-state index in [0.29, 0.717) is 6.42 Å². The molecule has 27 heavy (non-hydrogen) atoms. The highest BCUT2D eigenvalue weighted by atomic mass is 32.1. The minimum absolute atomic E-state index is 0.151. The van der Waals surface area contributed by atoms with Gasteiger partial charge in [0.05, 0.1) is 15.9 Å². The Labute approximate surface area is 160 Å². The van der Waals surface area contributed by atoms with Crippen molar-refractivity contribution in [2.75, 3.05) is 0 Å². The molecule has 130 valence electrons. The summed E-state index contributed by atoms with van der Waals surface area (Å²) in [5.74, 6) is 0.997. The summed E-state index contributed by atoms with van der Waals surface area (Å²) in [6.07, 6.45) is 0.391. The number of rotatable bonds is 4. The van der Waals surface area contributed by atoms with Crippen molar-refractivity contribution in [1.29, 1.82) is 0 Å². The molecule has 0 unspecified atom stereocenters. The number of carbonyl (C=O) groups is 1. The first-order valence-corrected chi connectivity index (χ1v) is 9.64. The highest BCUT2D eigenvalue weighted by Gasteiger charge is 2.12. The molecular formula is C23H16N2OS. The standard InChI is InChI=1S/C23H16N2OS/c26-20(22-14-17-8-4-5-9-21(17)27-22)13-15-10-11-18-19(12-15)25-23(24-18)16-6-2-1-3-7-16/h1-12,14H,13H2,(H,24,25). The maximum Gasteiger partial charge on any atom is 0.177 e. The third-order valence-corrected chi connectivity index (χ3v) is 5.82. The van der Waals surface area contributed by atoms with Gasteiger partial charge in [-0.3, -0.25) is 4.79 Å². The van der Waals surface area contributed by atoms with Gasteiger partial charge in [0.15, 0.2) is 5.78 Å². The number of nitrogens with zero attached hydrogens (tertiary/aromatic N) is 1. The molecule has 0 aliphatic rings. The lowest BCUT2D eigenvalue weighted by Gasteiger charge is -1.99.